The van der Waals surface area contributed by atoms with Crippen LogP contribution in [0.15, 0.2) is 24.3 Å². The molecular weight excluding hydrogens is 238 g/mol. The lowest BCUT2D eigenvalue weighted by Crippen LogP contribution is -2.21. The molecule has 0 heterocycles. The molecule has 90 valence electrons. The Bertz CT molecular complexity index is 316. The van der Waals surface area contributed by atoms with Gasteiger partial charge >= 0.3 is 0 Å². The smallest absolute Gasteiger partial charge is 0.0409 e. The van der Waals surface area contributed by atoms with E-state index < -0.39 is 0 Å². The summed E-state index contributed by atoms with van der Waals surface area (Å²) in [5.74, 6) is 1.07. The number of nitrogens with one attached hydrogen (secondary N) is 1. The highest BCUT2D eigenvalue weighted by Crippen LogP contribution is 2.28. The lowest BCUT2D eigenvalue weighted by Gasteiger charge is -2.23. The number of benzene rings is 1. The number of halogens is 1. The van der Waals surface area contributed by atoms with Crippen LogP contribution in [0.2, 0.25) is 5.02 Å². The second-order valence-electron chi connectivity index (χ2n) is 4.82. The van der Waals surface area contributed by atoms with E-state index in [2.05, 4.69) is 38.2 Å². The second kappa shape index (κ2) is 5.95. The summed E-state index contributed by atoms with van der Waals surface area (Å²) in [6.07, 6.45) is 0. The van der Waals surface area contributed by atoms with Crippen molar-refractivity contribution in [2.45, 2.75) is 31.6 Å². The highest BCUT2D eigenvalue weighted by Gasteiger charge is 2.15. The van der Waals surface area contributed by atoms with Crippen LogP contribution in [0.5, 0.6) is 0 Å². The summed E-state index contributed by atoms with van der Waals surface area (Å²) >= 11 is 7.85. The molecule has 0 aliphatic rings. The molecule has 3 heteroatoms. The third-order valence-electron chi connectivity index (χ3n) is 2.30. The van der Waals surface area contributed by atoms with E-state index in [4.69, 9.17) is 11.6 Å². The molecule has 1 aromatic carbocycles. The lowest BCUT2D eigenvalue weighted by atomic mass is 10.1. The van der Waals surface area contributed by atoms with Crippen molar-refractivity contribution in [3.8, 4) is 0 Å². The minimum absolute atomic E-state index is 0.307. The first-order chi connectivity index (χ1) is 7.42. The van der Waals surface area contributed by atoms with Gasteiger partial charge in [0.15, 0.2) is 0 Å². The number of hydrogen-bond acceptors (Lipinski definition) is 2. The van der Waals surface area contributed by atoms with Crippen LogP contribution in [0.4, 0.5) is 0 Å². The zero-order valence-corrected chi connectivity index (χ0v) is 12.0. The SMILES string of the molecule is CNC(CSC(C)(C)C)c1ccc(Cl)cc1. The number of thioether (sulfide) groups is 1. The molecular formula is C13H20ClNS. The summed E-state index contributed by atoms with van der Waals surface area (Å²) in [7, 11) is 2.00. The Kier molecular flexibility index (Phi) is 5.16. The maximum absolute atomic E-state index is 5.88. The molecule has 0 bridgehead atoms. The Morgan fingerprint density at radius 1 is 1.25 bits per heavy atom. The molecule has 0 aliphatic carbocycles. The summed E-state index contributed by atoms with van der Waals surface area (Å²) in [5.41, 5.74) is 1.30. The van der Waals surface area contributed by atoms with E-state index in [-0.39, 0.29) is 0 Å². The third kappa shape index (κ3) is 4.77. The van der Waals surface area contributed by atoms with Gasteiger partial charge in [0.05, 0.1) is 0 Å². The fourth-order valence-corrected chi connectivity index (χ4v) is 2.53. The second-order valence-corrected chi connectivity index (χ2v) is 7.10. The number of rotatable bonds is 4. The van der Waals surface area contributed by atoms with E-state index >= 15 is 0 Å². The van der Waals surface area contributed by atoms with Crippen molar-refractivity contribution in [3.63, 3.8) is 0 Å². The van der Waals surface area contributed by atoms with E-state index in [1.807, 2.05) is 30.9 Å². The maximum atomic E-state index is 5.88. The van der Waals surface area contributed by atoms with Crippen molar-refractivity contribution in [2.24, 2.45) is 0 Å². The monoisotopic (exact) mass is 257 g/mol. The average Bonchev–Trinajstić information content (AvgIpc) is 2.20. The Labute approximate surface area is 108 Å². The molecule has 1 unspecified atom stereocenters. The maximum Gasteiger partial charge on any atom is 0.0409 e. The van der Waals surface area contributed by atoms with Crippen LogP contribution in [0, 0.1) is 0 Å². The highest BCUT2D eigenvalue weighted by atomic mass is 35.5. The zero-order chi connectivity index (χ0) is 12.2. The predicted molar refractivity (Wildman–Crippen MR) is 75.5 cm³/mol. The van der Waals surface area contributed by atoms with Crippen molar-refractivity contribution in [1.29, 1.82) is 0 Å². The first kappa shape index (κ1) is 13.9. The van der Waals surface area contributed by atoms with Gasteiger partial charge in [-0.3, -0.25) is 0 Å². The third-order valence-corrected chi connectivity index (χ3v) is 3.92. The van der Waals surface area contributed by atoms with Crippen LogP contribution in [-0.4, -0.2) is 17.5 Å². The molecule has 0 saturated carbocycles. The van der Waals surface area contributed by atoms with Gasteiger partial charge in [-0.25, -0.2) is 0 Å². The van der Waals surface area contributed by atoms with Gasteiger partial charge in [0.2, 0.25) is 0 Å². The summed E-state index contributed by atoms with van der Waals surface area (Å²) in [4.78, 5) is 0. The minimum atomic E-state index is 0.307. The predicted octanol–water partition coefficient (Wildman–Crippen LogP) is 4.13. The fraction of sp³-hybridized carbons (Fsp3) is 0.538. The van der Waals surface area contributed by atoms with Gasteiger partial charge in [-0.05, 0) is 24.7 Å². The van der Waals surface area contributed by atoms with E-state index in [0.717, 1.165) is 10.8 Å². The molecule has 0 saturated heterocycles. The van der Waals surface area contributed by atoms with Gasteiger partial charge in [-0.1, -0.05) is 44.5 Å². The first-order valence-corrected chi connectivity index (χ1v) is 6.85. The first-order valence-electron chi connectivity index (χ1n) is 5.49. The molecule has 1 aromatic rings. The standard InChI is InChI=1S/C13H20ClNS/c1-13(2,3)16-9-12(15-4)10-5-7-11(14)8-6-10/h5-8,12,15H,9H2,1-4H3. The molecule has 0 aliphatic heterocycles. The molecule has 0 fully saturated rings. The average molecular weight is 258 g/mol. The Hall–Kier alpha value is -0.180. The number of hydrogen-bond donors (Lipinski definition) is 1. The fourth-order valence-electron chi connectivity index (χ4n) is 1.37. The quantitative estimate of drug-likeness (QED) is 0.870. The minimum Gasteiger partial charge on any atom is -0.312 e. The molecule has 1 rings (SSSR count). The summed E-state index contributed by atoms with van der Waals surface area (Å²) in [6.45, 7) is 6.73. The zero-order valence-electron chi connectivity index (χ0n) is 10.4. The van der Waals surface area contributed by atoms with Gasteiger partial charge in [-0.2, -0.15) is 11.8 Å². The Balaban J connectivity index is 2.64. The Morgan fingerprint density at radius 3 is 2.25 bits per heavy atom. The van der Waals surface area contributed by atoms with Gasteiger partial charge in [-0.15, -0.1) is 0 Å². The van der Waals surface area contributed by atoms with Gasteiger partial charge < -0.3 is 5.32 Å². The van der Waals surface area contributed by atoms with Crippen LogP contribution in [0.25, 0.3) is 0 Å². The van der Waals surface area contributed by atoms with Crippen molar-refractivity contribution in [3.05, 3.63) is 34.9 Å². The van der Waals surface area contributed by atoms with Gasteiger partial charge in [0, 0.05) is 21.6 Å². The molecule has 16 heavy (non-hydrogen) atoms. The van der Waals surface area contributed by atoms with Gasteiger partial charge in [0.25, 0.3) is 0 Å². The van der Waals surface area contributed by atoms with E-state index in [9.17, 15) is 0 Å². The summed E-state index contributed by atoms with van der Waals surface area (Å²) in [6, 6.07) is 8.47. The van der Waals surface area contributed by atoms with Crippen LogP contribution < -0.4 is 5.32 Å². The van der Waals surface area contributed by atoms with Crippen LogP contribution in [-0.2, 0) is 0 Å². The van der Waals surface area contributed by atoms with Crippen LogP contribution in [0.3, 0.4) is 0 Å². The molecule has 1 atom stereocenters. The molecule has 1 nitrogen and oxygen atoms in total. The molecule has 1 N–H and O–H groups in total. The Morgan fingerprint density at radius 2 is 1.81 bits per heavy atom. The van der Waals surface area contributed by atoms with E-state index in [1.165, 1.54) is 5.56 Å². The van der Waals surface area contributed by atoms with Crippen molar-refractivity contribution in [1.82, 2.24) is 5.32 Å². The topological polar surface area (TPSA) is 12.0 Å². The highest BCUT2D eigenvalue weighted by molar-refractivity contribution is 8.00. The summed E-state index contributed by atoms with van der Waals surface area (Å²) in [5, 5.41) is 4.14. The summed E-state index contributed by atoms with van der Waals surface area (Å²) < 4.78 is 0.307. The molecule has 0 radical (unpaired) electrons. The van der Waals surface area contributed by atoms with Crippen molar-refractivity contribution < 1.29 is 0 Å². The largest absolute Gasteiger partial charge is 0.312 e. The normalized spacial score (nSPS) is 13.8. The van der Waals surface area contributed by atoms with E-state index in [1.54, 1.807) is 0 Å². The van der Waals surface area contributed by atoms with Crippen molar-refractivity contribution in [2.75, 3.05) is 12.8 Å². The lowest BCUT2D eigenvalue weighted by molar-refractivity contribution is 0.656. The van der Waals surface area contributed by atoms with Crippen LogP contribution in [0.1, 0.15) is 32.4 Å². The van der Waals surface area contributed by atoms with Crippen molar-refractivity contribution >= 4 is 23.4 Å². The molecule has 0 aromatic heterocycles. The molecule has 0 amide bonds. The molecule has 0 spiro atoms. The van der Waals surface area contributed by atoms with Crippen LogP contribution >= 0.6 is 23.4 Å². The van der Waals surface area contributed by atoms with Gasteiger partial charge in [0.1, 0.15) is 0 Å². The van der Waals surface area contributed by atoms with E-state index in [0.29, 0.717) is 10.8 Å².